The van der Waals surface area contributed by atoms with Gasteiger partial charge in [-0.2, -0.15) is 5.10 Å². The van der Waals surface area contributed by atoms with Gasteiger partial charge in [-0.15, -0.1) is 0 Å². The van der Waals surface area contributed by atoms with E-state index in [9.17, 15) is 4.79 Å². The van der Waals surface area contributed by atoms with Crippen molar-refractivity contribution in [2.75, 3.05) is 0 Å². The molecule has 2 heterocycles. The molecule has 62 valence electrons. The predicted molar refractivity (Wildman–Crippen MR) is 40.5 cm³/mol. The average Bonchev–Trinajstić information content (AvgIpc) is 2.63. The fraction of sp³-hybridized carbons (Fsp3) is 0.167. The van der Waals surface area contributed by atoms with Gasteiger partial charge in [-0.25, -0.2) is 14.9 Å². The van der Waals surface area contributed by atoms with Gasteiger partial charge < -0.3 is 4.57 Å². The molecule has 0 aliphatic rings. The van der Waals surface area contributed by atoms with Gasteiger partial charge in [-0.05, 0) is 0 Å². The molecule has 0 unspecified atom stereocenters. The molecular formula is C6H7N5O. The van der Waals surface area contributed by atoms with Crippen LogP contribution in [0.4, 0.5) is 0 Å². The maximum absolute atomic E-state index is 10.6. The lowest BCUT2D eigenvalue weighted by Gasteiger charge is -1.94. The molecule has 6 nitrogen and oxygen atoms in total. The summed E-state index contributed by atoms with van der Waals surface area (Å²) >= 11 is 0. The third-order valence-electron chi connectivity index (χ3n) is 1.44. The van der Waals surface area contributed by atoms with Crippen LogP contribution in [0.15, 0.2) is 23.5 Å². The Hall–Kier alpha value is -1.85. The van der Waals surface area contributed by atoms with Gasteiger partial charge in [0.25, 0.3) is 0 Å². The van der Waals surface area contributed by atoms with E-state index in [0.717, 1.165) is 0 Å². The van der Waals surface area contributed by atoms with Crippen LogP contribution in [-0.2, 0) is 6.54 Å². The minimum Gasteiger partial charge on any atom is -0.330 e. The highest BCUT2D eigenvalue weighted by atomic mass is 16.1. The first-order chi connectivity index (χ1) is 5.84. The molecule has 0 fully saturated rings. The summed E-state index contributed by atoms with van der Waals surface area (Å²) in [5.41, 5.74) is -0.287. The molecule has 0 radical (unpaired) electrons. The lowest BCUT2D eigenvalue weighted by Crippen LogP contribution is -2.03. The summed E-state index contributed by atoms with van der Waals surface area (Å²) < 4.78 is 1.81. The van der Waals surface area contributed by atoms with E-state index in [2.05, 4.69) is 20.2 Å². The highest BCUT2D eigenvalue weighted by Gasteiger charge is 1.97. The molecule has 0 saturated heterocycles. The summed E-state index contributed by atoms with van der Waals surface area (Å²) in [6.07, 6.45) is 5.13. The molecule has 0 amide bonds. The molecule has 0 aliphatic heterocycles. The lowest BCUT2D eigenvalue weighted by molar-refractivity contribution is 0.747. The van der Waals surface area contributed by atoms with Crippen LogP contribution in [0.2, 0.25) is 0 Å². The topological polar surface area (TPSA) is 79.4 Å². The summed E-state index contributed by atoms with van der Waals surface area (Å²) in [4.78, 5) is 17.0. The molecular weight excluding hydrogens is 158 g/mol. The normalized spacial score (nSPS) is 10.3. The molecule has 6 heteroatoms. The van der Waals surface area contributed by atoms with Crippen molar-refractivity contribution >= 4 is 0 Å². The van der Waals surface area contributed by atoms with E-state index in [0.29, 0.717) is 12.4 Å². The quantitative estimate of drug-likeness (QED) is 0.620. The number of aromatic nitrogens is 5. The van der Waals surface area contributed by atoms with E-state index in [1.165, 1.54) is 0 Å². The predicted octanol–water partition coefficient (Wildman–Crippen LogP) is -0.657. The Bertz CT molecular complexity index is 398. The Morgan fingerprint density at radius 3 is 3.08 bits per heavy atom. The van der Waals surface area contributed by atoms with Gasteiger partial charge in [0, 0.05) is 12.4 Å². The van der Waals surface area contributed by atoms with Crippen molar-refractivity contribution in [3.05, 3.63) is 35.0 Å². The van der Waals surface area contributed by atoms with Crippen molar-refractivity contribution < 1.29 is 0 Å². The van der Waals surface area contributed by atoms with Gasteiger partial charge in [0.2, 0.25) is 0 Å². The summed E-state index contributed by atoms with van der Waals surface area (Å²) in [6, 6.07) is 0. The first kappa shape index (κ1) is 6.84. The molecule has 0 aliphatic carbocycles. The van der Waals surface area contributed by atoms with Crippen LogP contribution in [-0.4, -0.2) is 24.7 Å². The maximum Gasteiger partial charge on any atom is 0.340 e. The number of H-pyrrole nitrogens is 2. The van der Waals surface area contributed by atoms with Gasteiger partial charge in [-0.1, -0.05) is 0 Å². The Balaban J connectivity index is 2.19. The highest BCUT2D eigenvalue weighted by Crippen LogP contribution is 1.90. The Morgan fingerprint density at radius 1 is 1.58 bits per heavy atom. The van der Waals surface area contributed by atoms with E-state index in [1.54, 1.807) is 18.7 Å². The summed E-state index contributed by atoms with van der Waals surface area (Å²) in [5.74, 6) is 0.595. The zero-order chi connectivity index (χ0) is 8.39. The number of nitrogens with zero attached hydrogens (tertiary/aromatic N) is 3. The fourth-order valence-corrected chi connectivity index (χ4v) is 0.933. The first-order valence-electron chi connectivity index (χ1n) is 3.44. The Labute approximate surface area is 67.3 Å². The minimum atomic E-state index is -0.287. The molecule has 2 aromatic rings. The largest absolute Gasteiger partial charge is 0.340 e. The van der Waals surface area contributed by atoms with Crippen LogP contribution >= 0.6 is 0 Å². The third kappa shape index (κ3) is 1.26. The van der Waals surface area contributed by atoms with Crippen LogP contribution in [0, 0.1) is 0 Å². The molecule has 2 rings (SSSR count). The lowest BCUT2D eigenvalue weighted by atomic mass is 10.6. The summed E-state index contributed by atoms with van der Waals surface area (Å²) in [7, 11) is 0. The van der Waals surface area contributed by atoms with Crippen molar-refractivity contribution in [3.63, 3.8) is 0 Å². The number of nitrogens with one attached hydrogen (secondary N) is 2. The van der Waals surface area contributed by atoms with E-state index in [4.69, 9.17) is 0 Å². The molecule has 0 spiro atoms. The molecule has 12 heavy (non-hydrogen) atoms. The number of hydrogen-bond acceptors (Lipinski definition) is 3. The second-order valence-corrected chi connectivity index (χ2v) is 2.36. The second kappa shape index (κ2) is 2.65. The molecule has 0 aromatic carbocycles. The Kier molecular flexibility index (Phi) is 1.51. The van der Waals surface area contributed by atoms with E-state index < -0.39 is 0 Å². The van der Waals surface area contributed by atoms with Gasteiger partial charge in [0.1, 0.15) is 0 Å². The fourth-order valence-electron chi connectivity index (χ4n) is 0.933. The number of aromatic amines is 2. The molecule has 0 bridgehead atoms. The van der Waals surface area contributed by atoms with Crippen LogP contribution in [0.25, 0.3) is 0 Å². The van der Waals surface area contributed by atoms with Crippen molar-refractivity contribution in [3.8, 4) is 0 Å². The van der Waals surface area contributed by atoms with Crippen LogP contribution in [0.3, 0.4) is 0 Å². The zero-order valence-electron chi connectivity index (χ0n) is 6.19. The first-order valence-corrected chi connectivity index (χ1v) is 3.44. The molecule has 2 aromatic heterocycles. The van der Waals surface area contributed by atoms with Gasteiger partial charge >= 0.3 is 5.69 Å². The van der Waals surface area contributed by atoms with E-state index in [-0.39, 0.29) is 5.69 Å². The van der Waals surface area contributed by atoms with E-state index >= 15 is 0 Å². The molecule has 2 N–H and O–H groups in total. The van der Waals surface area contributed by atoms with Gasteiger partial charge in [-0.3, -0.25) is 4.98 Å². The van der Waals surface area contributed by atoms with Crippen molar-refractivity contribution in [1.82, 2.24) is 24.7 Å². The minimum absolute atomic E-state index is 0.287. The third-order valence-corrected chi connectivity index (χ3v) is 1.44. The summed E-state index contributed by atoms with van der Waals surface area (Å²) in [5, 5.41) is 6.04. The Morgan fingerprint density at radius 2 is 2.50 bits per heavy atom. The zero-order valence-corrected chi connectivity index (χ0v) is 6.19. The number of hydrogen-bond donors (Lipinski definition) is 2. The SMILES string of the molecule is O=c1[nH]nc(Cn2ccnc2)[nH]1. The standard InChI is InChI=1S/C6H7N5O/c12-6-8-5(9-10-6)3-11-2-1-7-4-11/h1-2,4H,3H2,(H2,8,9,10,12). The molecule has 0 saturated carbocycles. The number of imidazole rings is 1. The molecule has 0 atom stereocenters. The summed E-state index contributed by atoms with van der Waals surface area (Å²) in [6.45, 7) is 0.527. The van der Waals surface area contributed by atoms with Crippen LogP contribution in [0.1, 0.15) is 5.82 Å². The van der Waals surface area contributed by atoms with Crippen LogP contribution < -0.4 is 5.69 Å². The number of rotatable bonds is 2. The smallest absolute Gasteiger partial charge is 0.330 e. The van der Waals surface area contributed by atoms with Crippen molar-refractivity contribution in [1.29, 1.82) is 0 Å². The monoisotopic (exact) mass is 165 g/mol. The van der Waals surface area contributed by atoms with Gasteiger partial charge in [0.05, 0.1) is 12.9 Å². The van der Waals surface area contributed by atoms with Crippen molar-refractivity contribution in [2.24, 2.45) is 0 Å². The van der Waals surface area contributed by atoms with Crippen LogP contribution in [0.5, 0.6) is 0 Å². The highest BCUT2D eigenvalue weighted by molar-refractivity contribution is 4.85. The maximum atomic E-state index is 10.6. The average molecular weight is 165 g/mol. The van der Waals surface area contributed by atoms with Crippen molar-refractivity contribution in [2.45, 2.75) is 6.54 Å². The van der Waals surface area contributed by atoms with E-state index in [1.807, 2.05) is 4.57 Å². The van der Waals surface area contributed by atoms with Gasteiger partial charge in [0.15, 0.2) is 5.82 Å². The second-order valence-electron chi connectivity index (χ2n) is 2.36.